The van der Waals surface area contributed by atoms with Crippen molar-refractivity contribution >= 4 is 6.29 Å². The van der Waals surface area contributed by atoms with Gasteiger partial charge in [0.15, 0.2) is 0 Å². The average Bonchev–Trinajstić information content (AvgIpc) is 2.14. The van der Waals surface area contributed by atoms with Crippen molar-refractivity contribution in [2.24, 2.45) is 0 Å². The standard InChI is InChI=1S/C5H9NO2/c1-4-2-5(3-7)6-8-4/h3-6H,2H2,1H3. The highest BCUT2D eigenvalue weighted by molar-refractivity contribution is 5.57. The van der Waals surface area contributed by atoms with Gasteiger partial charge in [-0.1, -0.05) is 0 Å². The van der Waals surface area contributed by atoms with Gasteiger partial charge in [-0.05, 0) is 13.3 Å². The van der Waals surface area contributed by atoms with Crippen molar-refractivity contribution in [3.05, 3.63) is 0 Å². The van der Waals surface area contributed by atoms with Crippen molar-refractivity contribution in [3.8, 4) is 0 Å². The number of hydroxylamine groups is 1. The first-order valence-corrected chi connectivity index (χ1v) is 2.69. The van der Waals surface area contributed by atoms with Crippen LogP contribution in [0.25, 0.3) is 0 Å². The van der Waals surface area contributed by atoms with Crippen molar-refractivity contribution in [2.45, 2.75) is 25.5 Å². The minimum absolute atomic E-state index is 0.0787. The lowest BCUT2D eigenvalue weighted by Gasteiger charge is -1.93. The molecule has 1 N–H and O–H groups in total. The Hall–Kier alpha value is -0.410. The zero-order chi connectivity index (χ0) is 5.98. The maximum Gasteiger partial charge on any atom is 0.139 e. The highest BCUT2D eigenvalue weighted by Crippen LogP contribution is 2.06. The summed E-state index contributed by atoms with van der Waals surface area (Å²) in [6, 6.07) is -0.0787. The molecule has 1 saturated heterocycles. The predicted molar refractivity (Wildman–Crippen MR) is 28.2 cm³/mol. The molecule has 0 saturated carbocycles. The summed E-state index contributed by atoms with van der Waals surface area (Å²) in [7, 11) is 0. The molecule has 0 aromatic carbocycles. The second-order valence-corrected chi connectivity index (χ2v) is 2.02. The molecule has 1 fully saturated rings. The van der Waals surface area contributed by atoms with Crippen molar-refractivity contribution < 1.29 is 9.63 Å². The molecule has 1 heterocycles. The van der Waals surface area contributed by atoms with E-state index in [1.165, 1.54) is 0 Å². The van der Waals surface area contributed by atoms with Gasteiger partial charge in [-0.3, -0.25) is 4.84 Å². The molecule has 46 valence electrons. The Balaban J connectivity index is 2.32. The second-order valence-electron chi connectivity index (χ2n) is 2.02. The van der Waals surface area contributed by atoms with E-state index in [-0.39, 0.29) is 12.1 Å². The van der Waals surface area contributed by atoms with Crippen molar-refractivity contribution in [2.75, 3.05) is 0 Å². The van der Waals surface area contributed by atoms with Crippen LogP contribution in [0, 0.1) is 0 Å². The van der Waals surface area contributed by atoms with E-state index in [0.29, 0.717) is 0 Å². The predicted octanol–water partition coefficient (Wildman–Crippen LogP) is -0.133. The number of hydrogen-bond donors (Lipinski definition) is 1. The third-order valence-electron chi connectivity index (χ3n) is 1.17. The fraction of sp³-hybridized carbons (Fsp3) is 0.800. The van der Waals surface area contributed by atoms with Crippen LogP contribution in [0.4, 0.5) is 0 Å². The summed E-state index contributed by atoms with van der Waals surface area (Å²) in [6.07, 6.45) is 1.85. The number of carbonyl (C=O) groups excluding carboxylic acids is 1. The Kier molecular flexibility index (Phi) is 1.60. The Morgan fingerprint density at radius 3 is 2.88 bits per heavy atom. The molecule has 1 aliphatic heterocycles. The van der Waals surface area contributed by atoms with E-state index in [1.54, 1.807) is 0 Å². The van der Waals surface area contributed by atoms with E-state index in [9.17, 15) is 4.79 Å². The zero-order valence-corrected chi connectivity index (χ0v) is 4.76. The van der Waals surface area contributed by atoms with Gasteiger partial charge in [0.1, 0.15) is 6.29 Å². The minimum Gasteiger partial charge on any atom is -0.302 e. The number of carbonyl (C=O) groups is 1. The highest BCUT2D eigenvalue weighted by atomic mass is 16.7. The minimum atomic E-state index is -0.0787. The summed E-state index contributed by atoms with van der Waals surface area (Å²) < 4.78 is 0. The summed E-state index contributed by atoms with van der Waals surface area (Å²) in [6.45, 7) is 1.93. The molecule has 3 nitrogen and oxygen atoms in total. The average molecular weight is 115 g/mol. The van der Waals surface area contributed by atoms with E-state index in [0.717, 1.165) is 12.7 Å². The molecule has 0 aromatic heterocycles. The van der Waals surface area contributed by atoms with Crippen molar-refractivity contribution in [1.82, 2.24) is 5.48 Å². The highest BCUT2D eigenvalue weighted by Gasteiger charge is 2.19. The lowest BCUT2D eigenvalue weighted by molar-refractivity contribution is -0.110. The molecular weight excluding hydrogens is 106 g/mol. The van der Waals surface area contributed by atoms with Gasteiger partial charge in [-0.2, -0.15) is 5.48 Å². The Bertz CT molecular complexity index is 94.4. The number of aldehydes is 1. The monoisotopic (exact) mass is 115 g/mol. The van der Waals surface area contributed by atoms with Crippen LogP contribution >= 0.6 is 0 Å². The maximum absolute atomic E-state index is 10.0. The molecule has 2 atom stereocenters. The van der Waals surface area contributed by atoms with E-state index in [4.69, 9.17) is 4.84 Å². The van der Waals surface area contributed by atoms with Gasteiger partial charge in [-0.15, -0.1) is 0 Å². The van der Waals surface area contributed by atoms with E-state index in [1.807, 2.05) is 6.92 Å². The van der Waals surface area contributed by atoms with Crippen LogP contribution in [0.2, 0.25) is 0 Å². The van der Waals surface area contributed by atoms with Crippen LogP contribution in [0.3, 0.4) is 0 Å². The van der Waals surface area contributed by atoms with Crippen LogP contribution in [0.5, 0.6) is 0 Å². The van der Waals surface area contributed by atoms with Crippen LogP contribution in [-0.4, -0.2) is 18.4 Å². The largest absolute Gasteiger partial charge is 0.302 e. The Labute approximate surface area is 48.0 Å². The van der Waals surface area contributed by atoms with Crippen LogP contribution < -0.4 is 5.48 Å². The number of nitrogens with one attached hydrogen (secondary N) is 1. The molecule has 1 rings (SSSR count). The van der Waals surface area contributed by atoms with Gasteiger partial charge in [0.2, 0.25) is 0 Å². The smallest absolute Gasteiger partial charge is 0.139 e. The third-order valence-corrected chi connectivity index (χ3v) is 1.17. The third kappa shape index (κ3) is 1.05. The Morgan fingerprint density at radius 2 is 2.62 bits per heavy atom. The van der Waals surface area contributed by atoms with Crippen molar-refractivity contribution in [3.63, 3.8) is 0 Å². The Morgan fingerprint density at radius 1 is 1.88 bits per heavy atom. The van der Waals surface area contributed by atoms with Gasteiger partial charge >= 0.3 is 0 Å². The SMILES string of the molecule is CC1CC(C=O)NO1. The number of hydrogen-bond acceptors (Lipinski definition) is 3. The van der Waals surface area contributed by atoms with Gasteiger partial charge in [0.25, 0.3) is 0 Å². The second kappa shape index (κ2) is 2.24. The van der Waals surface area contributed by atoms with E-state index < -0.39 is 0 Å². The summed E-state index contributed by atoms with van der Waals surface area (Å²) in [5.74, 6) is 0. The van der Waals surface area contributed by atoms with Crippen LogP contribution in [0.1, 0.15) is 13.3 Å². The van der Waals surface area contributed by atoms with Gasteiger partial charge in [0, 0.05) is 0 Å². The van der Waals surface area contributed by atoms with Gasteiger partial charge < -0.3 is 4.79 Å². The molecule has 8 heavy (non-hydrogen) atoms. The summed E-state index contributed by atoms with van der Waals surface area (Å²) in [5, 5.41) is 0. The lowest BCUT2D eigenvalue weighted by atomic mass is 10.2. The maximum atomic E-state index is 10.0. The number of rotatable bonds is 1. The molecule has 0 aliphatic carbocycles. The van der Waals surface area contributed by atoms with Crippen LogP contribution in [0.15, 0.2) is 0 Å². The molecule has 2 unspecified atom stereocenters. The van der Waals surface area contributed by atoms with E-state index in [2.05, 4.69) is 5.48 Å². The molecule has 3 heteroatoms. The molecule has 0 aromatic rings. The molecule has 0 spiro atoms. The fourth-order valence-corrected chi connectivity index (χ4v) is 0.741. The summed E-state index contributed by atoms with van der Waals surface area (Å²) in [5.41, 5.74) is 2.59. The van der Waals surface area contributed by atoms with Gasteiger partial charge in [-0.25, -0.2) is 0 Å². The zero-order valence-electron chi connectivity index (χ0n) is 4.76. The molecule has 1 aliphatic rings. The summed E-state index contributed by atoms with van der Waals surface area (Å²) >= 11 is 0. The molecule has 0 radical (unpaired) electrons. The van der Waals surface area contributed by atoms with Crippen LogP contribution in [-0.2, 0) is 9.63 Å². The first-order valence-electron chi connectivity index (χ1n) is 2.69. The first kappa shape index (κ1) is 5.72. The topological polar surface area (TPSA) is 38.3 Å². The van der Waals surface area contributed by atoms with Gasteiger partial charge in [0.05, 0.1) is 12.1 Å². The van der Waals surface area contributed by atoms with Crippen molar-refractivity contribution in [1.29, 1.82) is 0 Å². The first-order chi connectivity index (χ1) is 3.83. The lowest BCUT2D eigenvalue weighted by Crippen LogP contribution is -2.20. The quantitative estimate of drug-likeness (QED) is 0.484. The summed E-state index contributed by atoms with van der Waals surface area (Å²) in [4.78, 5) is 14.9. The van der Waals surface area contributed by atoms with E-state index >= 15 is 0 Å². The molecule has 0 bridgehead atoms. The normalized spacial score (nSPS) is 37.6. The molecular formula is C5H9NO2. The molecule has 0 amide bonds. The fourth-order valence-electron chi connectivity index (χ4n) is 0.741.